The normalized spacial score (nSPS) is 25.4. The first kappa shape index (κ1) is 28.8. The Bertz CT molecular complexity index is 1620. The topological polar surface area (TPSA) is 192 Å². The van der Waals surface area contributed by atoms with Gasteiger partial charge in [-0.2, -0.15) is 0 Å². The van der Waals surface area contributed by atoms with E-state index in [1.165, 1.54) is 31.4 Å². The highest BCUT2D eigenvalue weighted by atomic mass is 16.6. The summed E-state index contributed by atoms with van der Waals surface area (Å²) < 4.78 is 5.41. The van der Waals surface area contributed by atoms with Crippen LogP contribution in [-0.2, 0) is 25.6 Å². The molecule has 1 saturated carbocycles. The summed E-state index contributed by atoms with van der Waals surface area (Å²) in [6, 6.07) is 7.24. The molecule has 0 saturated heterocycles. The highest BCUT2D eigenvalue weighted by Crippen LogP contribution is 2.53. The molecule has 0 bridgehead atoms. The van der Waals surface area contributed by atoms with Crippen molar-refractivity contribution in [2.24, 2.45) is 22.7 Å². The van der Waals surface area contributed by atoms with E-state index in [1.807, 2.05) is 0 Å². The van der Waals surface area contributed by atoms with Crippen molar-refractivity contribution in [3.05, 3.63) is 63.9 Å². The number of hydrogen-bond acceptors (Lipinski definition) is 11. The fourth-order valence-corrected chi connectivity index (χ4v) is 6.63. The van der Waals surface area contributed by atoms with E-state index in [4.69, 9.17) is 15.3 Å². The van der Waals surface area contributed by atoms with E-state index < -0.39 is 58.0 Å². The third-order valence-electron chi connectivity index (χ3n) is 8.44. The summed E-state index contributed by atoms with van der Waals surface area (Å²) >= 11 is 0. The Balaban J connectivity index is 1.71. The molecular formula is C30H31N3O9. The summed E-state index contributed by atoms with van der Waals surface area (Å²) in [5.41, 5.74) is 4.12. The minimum absolute atomic E-state index is 0.00474. The van der Waals surface area contributed by atoms with Crippen molar-refractivity contribution in [2.45, 2.75) is 24.5 Å². The van der Waals surface area contributed by atoms with Crippen molar-refractivity contribution in [1.29, 1.82) is 0 Å². The molecule has 3 aliphatic carbocycles. The zero-order valence-electron chi connectivity index (χ0n) is 23.4. The van der Waals surface area contributed by atoms with E-state index in [-0.39, 0.29) is 29.7 Å². The predicted molar refractivity (Wildman–Crippen MR) is 151 cm³/mol. The number of Topliss-reactive ketones (excluding diaryl/α,β-unsaturated/α-hetero) is 2. The zero-order chi connectivity index (χ0) is 30.7. The summed E-state index contributed by atoms with van der Waals surface area (Å²) in [5, 5.41) is 48.9. The summed E-state index contributed by atoms with van der Waals surface area (Å²) in [4.78, 5) is 45.7. The lowest BCUT2D eigenvalue weighted by Crippen LogP contribution is -2.65. The molecule has 6 N–H and O–H groups in total. The molecule has 5 rings (SSSR count). The second-order valence-electron chi connectivity index (χ2n) is 10.8. The number of carbonyl (C=O) groups excluding carboxylic acids is 3. The first-order valence-corrected chi connectivity index (χ1v) is 13.1. The highest BCUT2D eigenvalue weighted by Gasteiger charge is 2.64. The molecule has 0 heterocycles. The Morgan fingerprint density at radius 2 is 1.86 bits per heavy atom. The number of benzene rings is 2. The van der Waals surface area contributed by atoms with E-state index in [9.17, 15) is 34.8 Å². The predicted octanol–water partition coefficient (Wildman–Crippen LogP) is 1.62. The Morgan fingerprint density at radius 1 is 1.14 bits per heavy atom. The van der Waals surface area contributed by atoms with Crippen LogP contribution in [0.15, 0.2) is 52.4 Å². The first-order valence-electron chi connectivity index (χ1n) is 13.1. The van der Waals surface area contributed by atoms with Crippen LogP contribution in [0.5, 0.6) is 11.5 Å². The number of aliphatic hydroxyl groups excluding tert-OH is 2. The van der Waals surface area contributed by atoms with Crippen molar-refractivity contribution >= 4 is 29.4 Å². The van der Waals surface area contributed by atoms with Gasteiger partial charge in [0.05, 0.1) is 24.9 Å². The number of carbonyl (C=O) groups is 3. The molecule has 220 valence electrons. The average Bonchev–Trinajstić information content (AvgIpc) is 2.93. The lowest BCUT2D eigenvalue weighted by atomic mass is 9.57. The standard InChI is InChI=1S/C30H31N3O9/c1-33(2)24-18-11-14-10-17-16(13-5-8-20(41-3)15(9-13)12-32-42-4)6-7-19(34)22(17)25(35)21(14)27(37)30(18,40)28(38)23(26(24)36)29(31)39/h5-9,12,14,18,24,34-35,38,40H,10-11H2,1-4H3,(H2,31,39)/b32-12+/t14-,18-,24-,30-/m0/s1. The van der Waals surface area contributed by atoms with E-state index in [0.29, 0.717) is 28.0 Å². The van der Waals surface area contributed by atoms with Crippen LogP contribution >= 0.6 is 0 Å². The fourth-order valence-electron chi connectivity index (χ4n) is 6.63. The number of hydrogen-bond donors (Lipinski definition) is 5. The SMILES string of the molecule is CO/N=C/c1cc(-c2ccc(O)c3c2C[C@H]2C[C@H]4[C@H](N(C)C)C(=O)C(C(N)=O)=C(O)[C@@]4(O)C(=O)C2=C3O)ccc1OC. The van der Waals surface area contributed by atoms with E-state index in [2.05, 4.69) is 5.16 Å². The van der Waals surface area contributed by atoms with E-state index in [0.717, 1.165) is 0 Å². The van der Waals surface area contributed by atoms with Crippen LogP contribution in [0.1, 0.15) is 23.1 Å². The van der Waals surface area contributed by atoms with Crippen LogP contribution in [0.25, 0.3) is 16.9 Å². The van der Waals surface area contributed by atoms with Gasteiger partial charge in [-0.1, -0.05) is 17.3 Å². The molecular weight excluding hydrogens is 546 g/mol. The summed E-state index contributed by atoms with van der Waals surface area (Å²) in [6.07, 6.45) is 1.63. The molecule has 0 aromatic heterocycles. The number of ether oxygens (including phenoxy) is 1. The minimum atomic E-state index is -2.69. The average molecular weight is 578 g/mol. The number of aliphatic hydroxyl groups is 3. The van der Waals surface area contributed by atoms with E-state index >= 15 is 0 Å². The largest absolute Gasteiger partial charge is 0.508 e. The van der Waals surface area contributed by atoms with E-state index in [1.54, 1.807) is 38.4 Å². The van der Waals surface area contributed by atoms with Crippen molar-refractivity contribution < 1.29 is 44.4 Å². The molecule has 12 heteroatoms. The molecule has 2 aromatic rings. The molecule has 4 atom stereocenters. The number of oxime groups is 1. The van der Waals surface area contributed by atoms with Gasteiger partial charge in [0.25, 0.3) is 5.91 Å². The van der Waals surface area contributed by atoms with Gasteiger partial charge in [-0.3, -0.25) is 19.3 Å². The molecule has 42 heavy (non-hydrogen) atoms. The number of likely N-dealkylation sites (N-methyl/N-ethyl adjacent to an activating group) is 1. The van der Waals surface area contributed by atoms with Gasteiger partial charge >= 0.3 is 0 Å². The smallest absolute Gasteiger partial charge is 0.255 e. The Morgan fingerprint density at radius 3 is 2.48 bits per heavy atom. The third kappa shape index (κ3) is 4.05. The van der Waals surface area contributed by atoms with Crippen molar-refractivity contribution in [3.63, 3.8) is 0 Å². The second-order valence-corrected chi connectivity index (χ2v) is 10.8. The number of nitrogens with two attached hydrogens (primary N) is 1. The quantitative estimate of drug-likeness (QED) is 0.191. The van der Waals surface area contributed by atoms with Crippen molar-refractivity contribution in [2.75, 3.05) is 28.3 Å². The molecule has 0 aliphatic heterocycles. The van der Waals surface area contributed by atoms with Gasteiger partial charge in [0.1, 0.15) is 35.7 Å². The Kier molecular flexibility index (Phi) is 7.07. The van der Waals surface area contributed by atoms with Gasteiger partial charge < -0.3 is 35.7 Å². The van der Waals surface area contributed by atoms with Crippen LogP contribution < -0.4 is 10.5 Å². The summed E-state index contributed by atoms with van der Waals surface area (Å²) in [6.45, 7) is 0. The number of aromatic hydroxyl groups is 1. The van der Waals surface area contributed by atoms with Crippen LogP contribution in [0.2, 0.25) is 0 Å². The molecule has 12 nitrogen and oxygen atoms in total. The first-order chi connectivity index (χ1) is 19.9. The van der Waals surface area contributed by atoms with Gasteiger partial charge in [-0.25, -0.2) is 0 Å². The van der Waals surface area contributed by atoms with Crippen LogP contribution in [0.4, 0.5) is 0 Å². The van der Waals surface area contributed by atoms with Crippen LogP contribution in [0, 0.1) is 11.8 Å². The van der Waals surface area contributed by atoms with Crippen molar-refractivity contribution in [1.82, 2.24) is 4.90 Å². The molecule has 0 radical (unpaired) electrons. The minimum Gasteiger partial charge on any atom is -0.508 e. The lowest BCUT2D eigenvalue weighted by Gasteiger charge is -2.50. The molecule has 1 amide bonds. The number of fused-ring (bicyclic) bond motifs is 3. The molecule has 2 aromatic carbocycles. The van der Waals surface area contributed by atoms with Gasteiger partial charge in [0.2, 0.25) is 5.78 Å². The summed E-state index contributed by atoms with van der Waals surface area (Å²) in [7, 11) is 6.03. The fraction of sp³-hybridized carbons (Fsp3) is 0.333. The molecule has 0 unspecified atom stereocenters. The highest BCUT2D eigenvalue weighted by molar-refractivity contribution is 6.24. The number of phenols is 1. The number of phenolic OH excluding ortho intramolecular Hbond substituents is 1. The van der Waals surface area contributed by atoms with Gasteiger partial charge in [-0.05, 0) is 67.7 Å². The number of nitrogens with zero attached hydrogens (tertiary/aromatic N) is 2. The van der Waals surface area contributed by atoms with Crippen molar-refractivity contribution in [3.8, 4) is 22.6 Å². The summed E-state index contributed by atoms with van der Waals surface area (Å²) in [5.74, 6) is -6.44. The molecule has 0 spiro atoms. The maximum atomic E-state index is 14.0. The second kappa shape index (κ2) is 10.3. The Hall–Kier alpha value is -4.68. The monoisotopic (exact) mass is 577 g/mol. The number of rotatable bonds is 6. The van der Waals surface area contributed by atoms with Crippen LogP contribution in [-0.4, -0.2) is 89.0 Å². The zero-order valence-corrected chi connectivity index (χ0v) is 23.4. The molecule has 1 fully saturated rings. The maximum absolute atomic E-state index is 14.0. The van der Waals surface area contributed by atoms with Gasteiger partial charge in [0.15, 0.2) is 11.4 Å². The maximum Gasteiger partial charge on any atom is 0.255 e. The van der Waals surface area contributed by atoms with Gasteiger partial charge in [-0.15, -0.1) is 0 Å². The van der Waals surface area contributed by atoms with Gasteiger partial charge in [0, 0.05) is 17.1 Å². The third-order valence-corrected chi connectivity index (χ3v) is 8.44. The molecule has 3 aliphatic rings. The van der Waals surface area contributed by atoms with Crippen LogP contribution in [0.3, 0.4) is 0 Å². The number of amides is 1. The lowest BCUT2D eigenvalue weighted by molar-refractivity contribution is -0.153. The Labute approximate surface area is 240 Å². The number of primary amides is 1. The number of methoxy groups -OCH3 is 1. The number of ketones is 2.